The van der Waals surface area contributed by atoms with E-state index in [1.165, 1.54) is 12.4 Å². The van der Waals surface area contributed by atoms with E-state index in [0.717, 1.165) is 22.9 Å². The van der Waals surface area contributed by atoms with Gasteiger partial charge in [0.1, 0.15) is 12.3 Å². The first-order valence-corrected chi connectivity index (χ1v) is 5.89. The Labute approximate surface area is 121 Å². The summed E-state index contributed by atoms with van der Waals surface area (Å²) < 4.78 is 65.9. The minimum atomic E-state index is -4.87. The molecule has 4 nitrogen and oxygen atoms in total. The molecule has 0 N–H and O–H groups in total. The van der Waals surface area contributed by atoms with Crippen LogP contribution >= 0.6 is 0 Å². The van der Waals surface area contributed by atoms with Crippen LogP contribution in [-0.4, -0.2) is 22.6 Å². The molecule has 9 heteroatoms. The number of halogens is 5. The summed E-state index contributed by atoms with van der Waals surface area (Å²) in [6.45, 7) is -0.652. The normalized spacial score (nSPS) is 11.5. The van der Waals surface area contributed by atoms with Crippen LogP contribution in [0.5, 0.6) is 5.75 Å². The molecule has 0 atom stereocenters. The quantitative estimate of drug-likeness (QED) is 0.810. The van der Waals surface area contributed by atoms with Crippen molar-refractivity contribution in [1.29, 1.82) is 5.26 Å². The molecule has 0 radical (unpaired) electrons. The maximum Gasteiger partial charge on any atom is 0.573 e. The van der Waals surface area contributed by atoms with Crippen LogP contribution < -0.4 is 4.74 Å². The average Bonchev–Trinajstić information content (AvgIpc) is 2.84. The van der Waals surface area contributed by atoms with Crippen LogP contribution in [0.4, 0.5) is 22.0 Å². The van der Waals surface area contributed by atoms with Crippen LogP contribution in [0.25, 0.3) is 11.1 Å². The van der Waals surface area contributed by atoms with Crippen LogP contribution in [0.1, 0.15) is 5.56 Å². The average molecular weight is 317 g/mol. The summed E-state index contributed by atoms with van der Waals surface area (Å²) in [6, 6.07) is 4.97. The summed E-state index contributed by atoms with van der Waals surface area (Å²) >= 11 is 0. The molecule has 2 aromatic rings. The first-order chi connectivity index (χ1) is 10.3. The Hall–Kier alpha value is -2.63. The van der Waals surface area contributed by atoms with E-state index in [2.05, 4.69) is 9.84 Å². The standard InChI is InChI=1S/C13H8F5N3O/c14-12(15)7-21-6-9(5-20-21)11-3-10(22-13(16,17)18)2-1-8(11)4-19/h1-3,5-6,12H,7H2. The molecule has 116 valence electrons. The molecule has 0 aliphatic heterocycles. The largest absolute Gasteiger partial charge is 0.573 e. The molecule has 0 saturated carbocycles. The number of hydrogen-bond acceptors (Lipinski definition) is 3. The zero-order valence-electron chi connectivity index (χ0n) is 10.8. The Morgan fingerprint density at radius 3 is 2.64 bits per heavy atom. The monoisotopic (exact) mass is 317 g/mol. The van der Waals surface area contributed by atoms with E-state index in [1.54, 1.807) is 0 Å². The van der Waals surface area contributed by atoms with Crippen LogP contribution in [0.3, 0.4) is 0 Å². The molecular formula is C13H8F5N3O. The van der Waals surface area contributed by atoms with Gasteiger partial charge in [-0.05, 0) is 18.2 Å². The molecule has 0 aliphatic rings. The van der Waals surface area contributed by atoms with E-state index in [0.29, 0.717) is 0 Å². The predicted molar refractivity (Wildman–Crippen MR) is 65.1 cm³/mol. The number of hydrogen-bond donors (Lipinski definition) is 0. The van der Waals surface area contributed by atoms with E-state index in [4.69, 9.17) is 5.26 Å². The van der Waals surface area contributed by atoms with Crippen molar-refractivity contribution in [2.75, 3.05) is 0 Å². The Balaban J connectivity index is 2.38. The second kappa shape index (κ2) is 6.01. The number of rotatable bonds is 4. The van der Waals surface area contributed by atoms with Gasteiger partial charge >= 0.3 is 6.36 Å². The van der Waals surface area contributed by atoms with Crippen LogP contribution in [-0.2, 0) is 6.54 Å². The molecule has 22 heavy (non-hydrogen) atoms. The molecule has 0 fully saturated rings. The van der Waals surface area contributed by atoms with Gasteiger partial charge in [0.15, 0.2) is 0 Å². The molecular weight excluding hydrogens is 309 g/mol. The topological polar surface area (TPSA) is 50.8 Å². The van der Waals surface area contributed by atoms with Crippen LogP contribution in [0.15, 0.2) is 30.6 Å². The minimum Gasteiger partial charge on any atom is -0.406 e. The SMILES string of the molecule is N#Cc1ccc(OC(F)(F)F)cc1-c1cnn(CC(F)F)c1. The Morgan fingerprint density at radius 2 is 2.05 bits per heavy atom. The van der Waals surface area contributed by atoms with Crippen molar-refractivity contribution in [2.45, 2.75) is 19.3 Å². The van der Waals surface area contributed by atoms with Gasteiger partial charge in [-0.15, -0.1) is 13.2 Å². The first-order valence-electron chi connectivity index (χ1n) is 5.89. The number of nitriles is 1. The summed E-state index contributed by atoms with van der Waals surface area (Å²) in [6.07, 6.45) is -5.08. The third kappa shape index (κ3) is 3.94. The number of benzene rings is 1. The molecule has 1 aromatic carbocycles. The molecule has 0 unspecified atom stereocenters. The van der Waals surface area contributed by atoms with Crippen LogP contribution in [0, 0.1) is 11.3 Å². The minimum absolute atomic E-state index is 0.0751. The van der Waals surface area contributed by atoms with E-state index in [-0.39, 0.29) is 16.7 Å². The maximum atomic E-state index is 12.3. The summed E-state index contributed by atoms with van der Waals surface area (Å²) in [5, 5.41) is 12.7. The lowest BCUT2D eigenvalue weighted by atomic mass is 10.0. The van der Waals surface area contributed by atoms with Gasteiger partial charge < -0.3 is 4.74 Å². The Morgan fingerprint density at radius 1 is 1.32 bits per heavy atom. The van der Waals surface area contributed by atoms with Crippen molar-refractivity contribution >= 4 is 0 Å². The van der Waals surface area contributed by atoms with E-state index < -0.39 is 25.1 Å². The van der Waals surface area contributed by atoms with E-state index in [1.807, 2.05) is 6.07 Å². The van der Waals surface area contributed by atoms with Gasteiger partial charge in [0.25, 0.3) is 6.43 Å². The lowest BCUT2D eigenvalue weighted by molar-refractivity contribution is -0.274. The zero-order chi connectivity index (χ0) is 16.3. The molecule has 2 rings (SSSR count). The van der Waals surface area contributed by atoms with Crippen molar-refractivity contribution < 1.29 is 26.7 Å². The summed E-state index contributed by atoms with van der Waals surface area (Å²) in [5.41, 5.74) is 0.431. The molecule has 1 heterocycles. The van der Waals surface area contributed by atoms with Crippen molar-refractivity contribution in [3.63, 3.8) is 0 Å². The van der Waals surface area contributed by atoms with Gasteiger partial charge in [-0.2, -0.15) is 10.4 Å². The van der Waals surface area contributed by atoms with E-state index in [9.17, 15) is 22.0 Å². The fourth-order valence-electron chi connectivity index (χ4n) is 1.80. The highest BCUT2D eigenvalue weighted by atomic mass is 19.4. The lowest BCUT2D eigenvalue weighted by Crippen LogP contribution is -2.17. The molecule has 1 aromatic heterocycles. The van der Waals surface area contributed by atoms with Gasteiger partial charge in [0, 0.05) is 17.3 Å². The third-order valence-electron chi connectivity index (χ3n) is 2.61. The molecule has 0 bridgehead atoms. The number of nitrogens with zero attached hydrogens (tertiary/aromatic N) is 3. The van der Waals surface area contributed by atoms with E-state index >= 15 is 0 Å². The molecule has 0 amide bonds. The lowest BCUT2D eigenvalue weighted by Gasteiger charge is -2.10. The van der Waals surface area contributed by atoms with Crippen molar-refractivity contribution in [1.82, 2.24) is 9.78 Å². The summed E-state index contributed by atoms with van der Waals surface area (Å²) in [5.74, 6) is -0.511. The molecule has 0 spiro atoms. The molecule has 0 saturated heterocycles. The summed E-state index contributed by atoms with van der Waals surface area (Å²) in [4.78, 5) is 0. The predicted octanol–water partition coefficient (Wildman–Crippen LogP) is 3.59. The van der Waals surface area contributed by atoms with Gasteiger partial charge in [0.05, 0.1) is 17.8 Å². The van der Waals surface area contributed by atoms with Crippen molar-refractivity contribution in [2.24, 2.45) is 0 Å². The smallest absolute Gasteiger partial charge is 0.406 e. The maximum absolute atomic E-state index is 12.3. The molecule has 0 aliphatic carbocycles. The second-order valence-electron chi connectivity index (χ2n) is 4.21. The third-order valence-corrected chi connectivity index (χ3v) is 2.61. The zero-order valence-corrected chi connectivity index (χ0v) is 10.8. The summed E-state index contributed by atoms with van der Waals surface area (Å²) in [7, 11) is 0. The highest BCUT2D eigenvalue weighted by Crippen LogP contribution is 2.30. The fourth-order valence-corrected chi connectivity index (χ4v) is 1.80. The van der Waals surface area contributed by atoms with Gasteiger partial charge in [0.2, 0.25) is 0 Å². The van der Waals surface area contributed by atoms with Crippen LogP contribution in [0.2, 0.25) is 0 Å². The number of ether oxygens (including phenoxy) is 1. The van der Waals surface area contributed by atoms with Crippen molar-refractivity contribution in [3.05, 3.63) is 36.2 Å². The number of aromatic nitrogens is 2. The Bertz CT molecular complexity index is 702. The van der Waals surface area contributed by atoms with Gasteiger partial charge in [-0.1, -0.05) is 0 Å². The highest BCUT2D eigenvalue weighted by Gasteiger charge is 2.31. The van der Waals surface area contributed by atoms with Gasteiger partial charge in [-0.3, -0.25) is 4.68 Å². The first kappa shape index (κ1) is 15.8. The fraction of sp³-hybridized carbons (Fsp3) is 0.231. The Kier molecular flexibility index (Phi) is 4.30. The number of alkyl halides is 5. The van der Waals surface area contributed by atoms with Crippen molar-refractivity contribution in [3.8, 4) is 22.9 Å². The van der Waals surface area contributed by atoms with Gasteiger partial charge in [-0.25, -0.2) is 8.78 Å². The highest BCUT2D eigenvalue weighted by molar-refractivity contribution is 5.71. The second-order valence-corrected chi connectivity index (χ2v) is 4.21.